The first-order valence-electron chi connectivity index (χ1n) is 6.66. The Labute approximate surface area is 125 Å². The fourth-order valence-corrected chi connectivity index (χ4v) is 3.46. The summed E-state index contributed by atoms with van der Waals surface area (Å²) in [6.45, 7) is 3.83. The molecule has 0 bridgehead atoms. The van der Waals surface area contributed by atoms with Crippen molar-refractivity contribution in [2.24, 2.45) is 0 Å². The van der Waals surface area contributed by atoms with Crippen LogP contribution >= 0.6 is 0 Å². The molecule has 0 amide bonds. The summed E-state index contributed by atoms with van der Waals surface area (Å²) in [7, 11) is -3.56. The Bertz CT molecular complexity index is 728. The number of pyridine rings is 1. The van der Waals surface area contributed by atoms with Crippen LogP contribution < -0.4 is 10.5 Å². The summed E-state index contributed by atoms with van der Waals surface area (Å²) in [6.07, 6.45) is 2.23. The maximum Gasteiger partial charge on any atom is 0.240 e. The molecule has 0 aliphatic heterocycles. The second kappa shape index (κ2) is 6.24. The maximum absolute atomic E-state index is 12.4. The molecule has 21 heavy (non-hydrogen) atoms. The van der Waals surface area contributed by atoms with Crippen LogP contribution in [0.4, 0.5) is 5.69 Å². The van der Waals surface area contributed by atoms with Crippen molar-refractivity contribution < 1.29 is 8.42 Å². The highest BCUT2D eigenvalue weighted by Gasteiger charge is 2.18. The minimum Gasteiger partial charge on any atom is -0.398 e. The number of nitrogens with two attached hydrogens (primary N) is 1. The van der Waals surface area contributed by atoms with E-state index in [0.717, 1.165) is 11.3 Å². The number of hydrogen-bond acceptors (Lipinski definition) is 4. The SMILES string of the molecule is Cc1cc(N)c(C)c(S(=O)(=O)NCCc2ccccn2)c1. The summed E-state index contributed by atoms with van der Waals surface area (Å²) in [6, 6.07) is 8.97. The molecule has 0 saturated heterocycles. The molecule has 5 nitrogen and oxygen atoms in total. The van der Waals surface area contributed by atoms with Crippen LogP contribution in [0.25, 0.3) is 0 Å². The molecule has 112 valence electrons. The average molecular weight is 305 g/mol. The van der Waals surface area contributed by atoms with Crippen LogP contribution in [0.1, 0.15) is 16.8 Å². The predicted octanol–water partition coefficient (Wildman–Crippen LogP) is 1.80. The van der Waals surface area contributed by atoms with Gasteiger partial charge in [0.1, 0.15) is 0 Å². The number of rotatable bonds is 5. The van der Waals surface area contributed by atoms with Crippen molar-refractivity contribution in [2.45, 2.75) is 25.2 Å². The molecule has 2 rings (SSSR count). The topological polar surface area (TPSA) is 85.1 Å². The van der Waals surface area contributed by atoms with Gasteiger partial charge in [-0.05, 0) is 49.2 Å². The average Bonchev–Trinajstić information content (AvgIpc) is 2.43. The van der Waals surface area contributed by atoms with Crippen LogP contribution in [0, 0.1) is 13.8 Å². The summed E-state index contributed by atoms with van der Waals surface area (Å²) < 4.78 is 27.3. The third kappa shape index (κ3) is 3.80. The minimum atomic E-state index is -3.56. The van der Waals surface area contributed by atoms with Gasteiger partial charge in [0.25, 0.3) is 0 Å². The number of sulfonamides is 1. The first-order chi connectivity index (χ1) is 9.90. The highest BCUT2D eigenvalue weighted by atomic mass is 32.2. The molecule has 0 unspecified atom stereocenters. The van der Waals surface area contributed by atoms with Crippen LogP contribution in [0.15, 0.2) is 41.4 Å². The molecular weight excluding hydrogens is 286 g/mol. The molecular formula is C15H19N3O2S. The van der Waals surface area contributed by atoms with Crippen molar-refractivity contribution in [1.29, 1.82) is 0 Å². The Kier molecular flexibility index (Phi) is 4.59. The lowest BCUT2D eigenvalue weighted by molar-refractivity contribution is 0.580. The lowest BCUT2D eigenvalue weighted by atomic mass is 10.1. The van der Waals surface area contributed by atoms with Gasteiger partial charge < -0.3 is 5.73 Å². The van der Waals surface area contributed by atoms with E-state index in [0.29, 0.717) is 24.2 Å². The van der Waals surface area contributed by atoms with E-state index in [1.54, 1.807) is 25.3 Å². The number of nitrogens with zero attached hydrogens (tertiary/aromatic N) is 1. The number of anilines is 1. The van der Waals surface area contributed by atoms with Crippen LogP contribution in [-0.2, 0) is 16.4 Å². The monoisotopic (exact) mass is 305 g/mol. The number of nitrogen functional groups attached to an aromatic ring is 1. The van der Waals surface area contributed by atoms with E-state index in [4.69, 9.17) is 5.73 Å². The van der Waals surface area contributed by atoms with Gasteiger partial charge in [-0.2, -0.15) is 0 Å². The van der Waals surface area contributed by atoms with Gasteiger partial charge in [-0.15, -0.1) is 0 Å². The van der Waals surface area contributed by atoms with E-state index >= 15 is 0 Å². The normalized spacial score (nSPS) is 11.5. The molecule has 2 aromatic rings. The van der Waals surface area contributed by atoms with Crippen molar-refractivity contribution in [3.8, 4) is 0 Å². The molecule has 0 atom stereocenters. The molecule has 1 aromatic carbocycles. The van der Waals surface area contributed by atoms with Gasteiger partial charge in [0.2, 0.25) is 10.0 Å². The lowest BCUT2D eigenvalue weighted by Gasteiger charge is -2.12. The molecule has 1 aromatic heterocycles. The van der Waals surface area contributed by atoms with E-state index in [2.05, 4.69) is 9.71 Å². The third-order valence-electron chi connectivity index (χ3n) is 3.23. The van der Waals surface area contributed by atoms with Gasteiger partial charge in [-0.3, -0.25) is 4.98 Å². The van der Waals surface area contributed by atoms with Gasteiger partial charge in [-0.25, -0.2) is 13.1 Å². The molecule has 0 aliphatic rings. The molecule has 3 N–H and O–H groups in total. The van der Waals surface area contributed by atoms with Crippen LogP contribution in [0.2, 0.25) is 0 Å². The Morgan fingerprint density at radius 3 is 2.67 bits per heavy atom. The highest BCUT2D eigenvalue weighted by molar-refractivity contribution is 7.89. The van der Waals surface area contributed by atoms with Crippen LogP contribution in [0.3, 0.4) is 0 Å². The van der Waals surface area contributed by atoms with Crippen molar-refractivity contribution >= 4 is 15.7 Å². The van der Waals surface area contributed by atoms with Gasteiger partial charge >= 0.3 is 0 Å². The first kappa shape index (κ1) is 15.5. The summed E-state index contributed by atoms with van der Waals surface area (Å²) in [5, 5.41) is 0. The first-order valence-corrected chi connectivity index (χ1v) is 8.15. The molecule has 0 saturated carbocycles. The van der Waals surface area contributed by atoms with Crippen molar-refractivity contribution in [3.63, 3.8) is 0 Å². The van der Waals surface area contributed by atoms with Crippen LogP contribution in [-0.4, -0.2) is 19.9 Å². The lowest BCUT2D eigenvalue weighted by Crippen LogP contribution is -2.27. The summed E-state index contributed by atoms with van der Waals surface area (Å²) in [5.41, 5.74) is 8.57. The fourth-order valence-electron chi connectivity index (χ4n) is 2.07. The number of benzene rings is 1. The molecule has 0 radical (unpaired) electrons. The van der Waals surface area contributed by atoms with Gasteiger partial charge in [0, 0.05) is 30.5 Å². The van der Waals surface area contributed by atoms with Gasteiger partial charge in [-0.1, -0.05) is 6.07 Å². The van der Waals surface area contributed by atoms with E-state index in [-0.39, 0.29) is 4.90 Å². The zero-order chi connectivity index (χ0) is 15.5. The zero-order valence-corrected chi connectivity index (χ0v) is 12.9. The van der Waals surface area contributed by atoms with E-state index in [9.17, 15) is 8.42 Å². The number of aryl methyl sites for hydroxylation is 1. The van der Waals surface area contributed by atoms with Crippen molar-refractivity contribution in [2.75, 3.05) is 12.3 Å². The minimum absolute atomic E-state index is 0.237. The largest absolute Gasteiger partial charge is 0.398 e. The summed E-state index contributed by atoms with van der Waals surface area (Å²) in [4.78, 5) is 4.40. The molecule has 0 fully saturated rings. The summed E-state index contributed by atoms with van der Waals surface area (Å²) >= 11 is 0. The highest BCUT2D eigenvalue weighted by Crippen LogP contribution is 2.22. The Morgan fingerprint density at radius 2 is 2.00 bits per heavy atom. The number of nitrogens with one attached hydrogen (secondary N) is 1. The van der Waals surface area contributed by atoms with E-state index < -0.39 is 10.0 Å². The molecule has 0 spiro atoms. The van der Waals surface area contributed by atoms with Crippen molar-refractivity contribution in [1.82, 2.24) is 9.71 Å². The third-order valence-corrected chi connectivity index (χ3v) is 4.82. The fraction of sp³-hybridized carbons (Fsp3) is 0.267. The second-order valence-electron chi connectivity index (χ2n) is 4.95. The van der Waals surface area contributed by atoms with Gasteiger partial charge in [0.15, 0.2) is 0 Å². The Hall–Kier alpha value is -1.92. The molecule has 6 heteroatoms. The maximum atomic E-state index is 12.4. The quantitative estimate of drug-likeness (QED) is 0.825. The predicted molar refractivity (Wildman–Crippen MR) is 83.5 cm³/mol. The standard InChI is InChI=1S/C15H19N3O2S/c1-11-9-14(16)12(2)15(10-11)21(19,20)18-8-6-13-5-3-4-7-17-13/h3-5,7,9-10,18H,6,8,16H2,1-2H3. The van der Waals surface area contributed by atoms with Gasteiger partial charge in [0.05, 0.1) is 4.90 Å². The molecule has 1 heterocycles. The van der Waals surface area contributed by atoms with Crippen molar-refractivity contribution in [3.05, 3.63) is 53.3 Å². The smallest absolute Gasteiger partial charge is 0.240 e. The Balaban J connectivity index is 2.12. The number of hydrogen-bond donors (Lipinski definition) is 2. The van der Waals surface area contributed by atoms with Crippen LogP contribution in [0.5, 0.6) is 0 Å². The Morgan fingerprint density at radius 1 is 1.24 bits per heavy atom. The van der Waals surface area contributed by atoms with E-state index in [1.807, 2.05) is 25.1 Å². The second-order valence-corrected chi connectivity index (χ2v) is 6.68. The molecule has 0 aliphatic carbocycles. The summed E-state index contributed by atoms with van der Waals surface area (Å²) in [5.74, 6) is 0. The number of aromatic nitrogens is 1. The van der Waals surface area contributed by atoms with E-state index in [1.165, 1.54) is 0 Å². The zero-order valence-electron chi connectivity index (χ0n) is 12.1.